The van der Waals surface area contributed by atoms with Crippen LogP contribution in [0.2, 0.25) is 0 Å². The maximum atomic E-state index is 13.9. The van der Waals surface area contributed by atoms with E-state index in [9.17, 15) is 9.59 Å². The van der Waals surface area contributed by atoms with Gasteiger partial charge in [-0.15, -0.1) is 0 Å². The zero-order valence-corrected chi connectivity index (χ0v) is 22.4. The third-order valence-corrected chi connectivity index (χ3v) is 9.33. The summed E-state index contributed by atoms with van der Waals surface area (Å²) < 4.78 is 6.16. The summed E-state index contributed by atoms with van der Waals surface area (Å²) in [6.07, 6.45) is 5.90. The van der Waals surface area contributed by atoms with Gasteiger partial charge in [-0.05, 0) is 91.5 Å². The minimum atomic E-state index is -1.18. The standard InChI is InChI=1S/C33H38N2O3/c1-21(24-9-4-3-5-10-24)34-31(36)33(2,20-26-13-8-12-25-11-6-7-14-29(25)26)35-32(37)38-30-27-16-22-15-23(18-27)19-28(30)17-22/h3-14,21-23,27-28,30H,15-20H2,1-2H3,(H,34,36)(H,35,37). The minimum absolute atomic E-state index is 0.0316. The topological polar surface area (TPSA) is 67.4 Å². The Morgan fingerprint density at radius 3 is 2.21 bits per heavy atom. The fraction of sp³-hybridized carbons (Fsp3) is 0.455. The molecule has 3 aromatic carbocycles. The third kappa shape index (κ3) is 4.91. The Hall–Kier alpha value is -3.34. The Balaban J connectivity index is 1.24. The normalized spacial score (nSPS) is 27.9. The predicted molar refractivity (Wildman–Crippen MR) is 150 cm³/mol. The van der Waals surface area contributed by atoms with E-state index in [1.807, 2.05) is 68.4 Å². The molecular formula is C33H38N2O3. The van der Waals surface area contributed by atoms with Gasteiger partial charge in [0.15, 0.2) is 0 Å². The van der Waals surface area contributed by atoms with Crippen LogP contribution in [0, 0.1) is 23.7 Å². The van der Waals surface area contributed by atoms with E-state index in [1.54, 1.807) is 0 Å². The van der Waals surface area contributed by atoms with Gasteiger partial charge in [0, 0.05) is 6.42 Å². The van der Waals surface area contributed by atoms with E-state index in [4.69, 9.17) is 4.74 Å². The van der Waals surface area contributed by atoms with E-state index in [-0.39, 0.29) is 18.1 Å². The van der Waals surface area contributed by atoms with Gasteiger partial charge in [-0.25, -0.2) is 4.79 Å². The van der Waals surface area contributed by atoms with Crippen molar-refractivity contribution in [3.8, 4) is 0 Å². The summed E-state index contributed by atoms with van der Waals surface area (Å²) in [7, 11) is 0. The lowest BCUT2D eigenvalue weighted by molar-refractivity contribution is -0.128. The maximum Gasteiger partial charge on any atom is 0.408 e. The fourth-order valence-corrected chi connectivity index (χ4v) is 7.64. The summed E-state index contributed by atoms with van der Waals surface area (Å²) in [6, 6.07) is 24.0. The van der Waals surface area contributed by atoms with Crippen molar-refractivity contribution in [1.82, 2.24) is 10.6 Å². The number of amides is 2. The average Bonchev–Trinajstić information content (AvgIpc) is 2.91. The molecule has 0 spiro atoms. The predicted octanol–water partition coefficient (Wildman–Crippen LogP) is 6.57. The molecule has 2 amide bonds. The number of rotatable bonds is 7. The highest BCUT2D eigenvalue weighted by Gasteiger charge is 2.50. The first-order chi connectivity index (χ1) is 18.4. The largest absolute Gasteiger partial charge is 0.446 e. The molecule has 2 atom stereocenters. The van der Waals surface area contributed by atoms with E-state index in [0.717, 1.165) is 33.7 Å². The van der Waals surface area contributed by atoms with Crippen LogP contribution in [-0.2, 0) is 16.0 Å². The second-order valence-corrected chi connectivity index (χ2v) is 12.2. The second-order valence-electron chi connectivity index (χ2n) is 12.2. The van der Waals surface area contributed by atoms with Gasteiger partial charge in [-0.3, -0.25) is 4.79 Å². The molecule has 2 unspecified atom stereocenters. The number of fused-ring (bicyclic) bond motifs is 1. The van der Waals surface area contributed by atoms with Crippen LogP contribution in [-0.4, -0.2) is 23.6 Å². The number of nitrogens with one attached hydrogen (secondary N) is 2. The molecule has 198 valence electrons. The fourth-order valence-electron chi connectivity index (χ4n) is 7.64. The molecule has 0 aliphatic heterocycles. The number of carbonyl (C=O) groups excluding carboxylic acids is 2. The average molecular weight is 511 g/mol. The molecule has 4 aliphatic carbocycles. The van der Waals surface area contributed by atoms with Crippen LogP contribution in [0.3, 0.4) is 0 Å². The van der Waals surface area contributed by atoms with Gasteiger partial charge in [0.25, 0.3) is 0 Å². The molecule has 2 N–H and O–H groups in total. The first-order valence-electron chi connectivity index (χ1n) is 14.2. The zero-order chi connectivity index (χ0) is 26.3. The van der Waals surface area contributed by atoms with Gasteiger partial charge >= 0.3 is 6.09 Å². The summed E-state index contributed by atoms with van der Waals surface area (Å²) in [5.74, 6) is 2.33. The molecule has 0 aromatic heterocycles. The number of benzene rings is 3. The molecular weight excluding hydrogens is 472 g/mol. The van der Waals surface area contributed by atoms with Gasteiger partial charge in [-0.2, -0.15) is 0 Å². The van der Waals surface area contributed by atoms with Gasteiger partial charge in [0.1, 0.15) is 11.6 Å². The molecule has 38 heavy (non-hydrogen) atoms. The van der Waals surface area contributed by atoms with Crippen molar-refractivity contribution in [1.29, 1.82) is 0 Å². The van der Waals surface area contributed by atoms with Crippen molar-refractivity contribution >= 4 is 22.8 Å². The van der Waals surface area contributed by atoms with Gasteiger partial charge in [0.05, 0.1) is 6.04 Å². The van der Waals surface area contributed by atoms with Crippen molar-refractivity contribution in [2.75, 3.05) is 0 Å². The zero-order valence-electron chi connectivity index (χ0n) is 22.4. The van der Waals surface area contributed by atoms with Gasteiger partial charge in [0.2, 0.25) is 5.91 Å². The van der Waals surface area contributed by atoms with Crippen molar-refractivity contribution in [3.63, 3.8) is 0 Å². The lowest BCUT2D eigenvalue weighted by atomic mass is 9.55. The van der Waals surface area contributed by atoms with Crippen molar-refractivity contribution < 1.29 is 14.3 Å². The minimum Gasteiger partial charge on any atom is -0.446 e. The second kappa shape index (κ2) is 10.1. The van der Waals surface area contributed by atoms with Crippen LogP contribution in [0.1, 0.15) is 63.1 Å². The Labute approximate surface area is 225 Å². The monoisotopic (exact) mass is 510 g/mol. The highest BCUT2D eigenvalue weighted by molar-refractivity contribution is 5.92. The molecule has 5 heteroatoms. The van der Waals surface area contributed by atoms with E-state index < -0.39 is 11.6 Å². The molecule has 5 nitrogen and oxygen atoms in total. The van der Waals surface area contributed by atoms with Crippen molar-refractivity contribution in [3.05, 3.63) is 83.9 Å². The van der Waals surface area contributed by atoms with E-state index in [2.05, 4.69) is 28.8 Å². The lowest BCUT2D eigenvalue weighted by Gasteiger charge is -2.53. The van der Waals surface area contributed by atoms with Crippen LogP contribution < -0.4 is 10.6 Å². The Bertz CT molecular complexity index is 1290. The van der Waals surface area contributed by atoms with Gasteiger partial charge in [-0.1, -0.05) is 72.8 Å². The Kier molecular flexibility index (Phi) is 6.63. The molecule has 4 saturated carbocycles. The number of ether oxygens (including phenoxy) is 1. The molecule has 4 aliphatic rings. The third-order valence-electron chi connectivity index (χ3n) is 9.33. The Morgan fingerprint density at radius 1 is 0.868 bits per heavy atom. The van der Waals surface area contributed by atoms with Gasteiger partial charge < -0.3 is 15.4 Å². The lowest BCUT2D eigenvalue weighted by Crippen LogP contribution is -2.60. The molecule has 4 fully saturated rings. The summed E-state index contributed by atoms with van der Waals surface area (Å²) in [6.45, 7) is 3.79. The number of hydrogen-bond acceptors (Lipinski definition) is 3. The first-order valence-corrected chi connectivity index (χ1v) is 14.2. The molecule has 0 heterocycles. The molecule has 4 bridgehead atoms. The van der Waals surface area contributed by atoms with Crippen LogP contribution in [0.25, 0.3) is 10.8 Å². The molecule has 7 rings (SSSR count). The van der Waals surface area contributed by atoms with Crippen molar-refractivity contribution in [2.24, 2.45) is 23.7 Å². The highest BCUT2D eigenvalue weighted by Crippen LogP contribution is 2.54. The maximum absolute atomic E-state index is 13.9. The molecule has 0 radical (unpaired) electrons. The van der Waals surface area contributed by atoms with Crippen molar-refractivity contribution in [2.45, 2.75) is 70.1 Å². The van der Waals surface area contributed by atoms with E-state index >= 15 is 0 Å². The van der Waals surface area contributed by atoms with E-state index in [0.29, 0.717) is 18.3 Å². The van der Waals surface area contributed by atoms with Crippen LogP contribution >= 0.6 is 0 Å². The van der Waals surface area contributed by atoms with Crippen LogP contribution in [0.4, 0.5) is 4.79 Å². The molecule has 3 aromatic rings. The summed E-state index contributed by atoms with van der Waals surface area (Å²) in [5.41, 5.74) is 0.850. The van der Waals surface area contributed by atoms with Crippen LogP contribution in [0.15, 0.2) is 72.8 Å². The summed E-state index contributed by atoms with van der Waals surface area (Å²) in [4.78, 5) is 27.3. The SMILES string of the molecule is CC(NC(=O)C(C)(Cc1cccc2ccccc12)NC(=O)OC1C2CC3CC(C2)CC1C3)c1ccccc1. The smallest absolute Gasteiger partial charge is 0.408 e. The van der Waals surface area contributed by atoms with E-state index in [1.165, 1.54) is 32.1 Å². The number of carbonyl (C=O) groups is 2. The highest BCUT2D eigenvalue weighted by atomic mass is 16.6. The molecule has 0 saturated heterocycles. The quantitative estimate of drug-likeness (QED) is 0.378. The number of alkyl carbamates (subject to hydrolysis) is 1. The first kappa shape index (κ1) is 25.0. The van der Waals surface area contributed by atoms with Crippen LogP contribution in [0.5, 0.6) is 0 Å². The summed E-state index contributed by atoms with van der Waals surface area (Å²) in [5, 5.41) is 8.40. The number of hydrogen-bond donors (Lipinski definition) is 2. The Morgan fingerprint density at radius 2 is 1.50 bits per heavy atom. The summed E-state index contributed by atoms with van der Waals surface area (Å²) >= 11 is 0.